The molecule has 0 radical (unpaired) electrons. The lowest BCUT2D eigenvalue weighted by molar-refractivity contribution is -0.121. The van der Waals surface area contributed by atoms with Crippen LogP contribution in [0.15, 0.2) is 18.2 Å². The molecule has 0 saturated heterocycles. The molecule has 0 aliphatic heterocycles. The Bertz CT molecular complexity index is 427. The van der Waals surface area contributed by atoms with Crippen molar-refractivity contribution < 1.29 is 9.53 Å². The zero-order valence-electron chi connectivity index (χ0n) is 12.6. The van der Waals surface area contributed by atoms with Crippen molar-refractivity contribution in [3.63, 3.8) is 0 Å². The summed E-state index contributed by atoms with van der Waals surface area (Å²) in [6.45, 7) is 8.36. The van der Waals surface area contributed by atoms with Crippen molar-refractivity contribution in [3.8, 4) is 5.75 Å². The highest BCUT2D eigenvalue weighted by molar-refractivity contribution is 5.79. The van der Waals surface area contributed by atoms with Gasteiger partial charge in [-0.2, -0.15) is 0 Å². The summed E-state index contributed by atoms with van der Waals surface area (Å²) in [5, 5.41) is 2.97. The SMILES string of the molecule is CCC(C)NC(=O)Cc1ccc(C(C)C)cc1OC. The second kappa shape index (κ2) is 7.17. The Morgan fingerprint density at radius 3 is 2.53 bits per heavy atom. The zero-order chi connectivity index (χ0) is 14.4. The fourth-order valence-corrected chi connectivity index (χ4v) is 1.87. The van der Waals surface area contributed by atoms with E-state index in [4.69, 9.17) is 4.74 Å². The van der Waals surface area contributed by atoms with E-state index in [1.165, 1.54) is 5.56 Å². The molecule has 0 aliphatic rings. The van der Waals surface area contributed by atoms with Crippen LogP contribution in [0.5, 0.6) is 5.75 Å². The van der Waals surface area contributed by atoms with Crippen LogP contribution in [0.3, 0.4) is 0 Å². The number of ether oxygens (including phenoxy) is 1. The predicted octanol–water partition coefficient (Wildman–Crippen LogP) is 3.28. The number of hydrogen-bond donors (Lipinski definition) is 1. The molecule has 1 amide bonds. The molecule has 1 atom stereocenters. The van der Waals surface area contributed by atoms with E-state index in [1.54, 1.807) is 7.11 Å². The third-order valence-corrected chi connectivity index (χ3v) is 3.35. The lowest BCUT2D eigenvalue weighted by Crippen LogP contribution is -2.33. The zero-order valence-corrected chi connectivity index (χ0v) is 12.6. The number of rotatable bonds is 6. The molecule has 0 spiro atoms. The maximum atomic E-state index is 11.9. The first-order valence-electron chi connectivity index (χ1n) is 6.94. The standard InChI is InChI=1S/C16H25NO2/c1-6-12(4)17-16(18)10-14-8-7-13(11(2)3)9-15(14)19-5/h7-9,11-12H,6,10H2,1-5H3,(H,17,18). The highest BCUT2D eigenvalue weighted by atomic mass is 16.5. The van der Waals surface area contributed by atoms with E-state index in [0.717, 1.165) is 17.7 Å². The molecule has 0 aliphatic carbocycles. The lowest BCUT2D eigenvalue weighted by atomic mass is 9.99. The number of benzene rings is 1. The Labute approximate surface area is 116 Å². The van der Waals surface area contributed by atoms with Crippen LogP contribution in [0.2, 0.25) is 0 Å². The van der Waals surface area contributed by atoms with Gasteiger partial charge in [-0.1, -0.05) is 32.9 Å². The average Bonchev–Trinajstić information content (AvgIpc) is 2.38. The van der Waals surface area contributed by atoms with E-state index in [2.05, 4.69) is 32.2 Å². The molecule has 1 rings (SSSR count). The van der Waals surface area contributed by atoms with Crippen LogP contribution >= 0.6 is 0 Å². The van der Waals surface area contributed by atoms with Gasteiger partial charge in [0.15, 0.2) is 0 Å². The van der Waals surface area contributed by atoms with Crippen molar-refractivity contribution in [1.82, 2.24) is 5.32 Å². The highest BCUT2D eigenvalue weighted by Gasteiger charge is 2.12. The smallest absolute Gasteiger partial charge is 0.224 e. The molecule has 1 unspecified atom stereocenters. The van der Waals surface area contributed by atoms with Crippen LogP contribution in [0.25, 0.3) is 0 Å². The minimum absolute atomic E-state index is 0.0462. The summed E-state index contributed by atoms with van der Waals surface area (Å²) in [5.74, 6) is 1.30. The fourth-order valence-electron chi connectivity index (χ4n) is 1.87. The van der Waals surface area contributed by atoms with Gasteiger partial charge in [0, 0.05) is 11.6 Å². The van der Waals surface area contributed by atoms with Crippen LogP contribution in [0.1, 0.15) is 51.2 Å². The molecule has 3 heteroatoms. The Hall–Kier alpha value is -1.51. The van der Waals surface area contributed by atoms with Gasteiger partial charge in [-0.15, -0.1) is 0 Å². The quantitative estimate of drug-likeness (QED) is 0.855. The van der Waals surface area contributed by atoms with Crippen molar-refractivity contribution in [3.05, 3.63) is 29.3 Å². The molecule has 0 aromatic heterocycles. The van der Waals surface area contributed by atoms with Crippen LogP contribution < -0.4 is 10.1 Å². The number of methoxy groups -OCH3 is 1. The van der Waals surface area contributed by atoms with Gasteiger partial charge in [-0.05, 0) is 30.9 Å². The van der Waals surface area contributed by atoms with Crippen molar-refractivity contribution in [1.29, 1.82) is 0 Å². The molecule has 3 nitrogen and oxygen atoms in total. The Morgan fingerprint density at radius 2 is 2.00 bits per heavy atom. The first kappa shape index (κ1) is 15.5. The molecule has 0 heterocycles. The summed E-state index contributed by atoms with van der Waals surface area (Å²) in [4.78, 5) is 11.9. The third kappa shape index (κ3) is 4.58. The molecule has 0 saturated carbocycles. The second-order valence-corrected chi connectivity index (χ2v) is 5.28. The summed E-state index contributed by atoms with van der Waals surface area (Å²) in [7, 11) is 1.65. The van der Waals surface area contributed by atoms with Gasteiger partial charge in [-0.25, -0.2) is 0 Å². The second-order valence-electron chi connectivity index (χ2n) is 5.28. The van der Waals surface area contributed by atoms with Gasteiger partial charge >= 0.3 is 0 Å². The summed E-state index contributed by atoms with van der Waals surface area (Å²) >= 11 is 0. The number of carbonyl (C=O) groups excluding carboxylic acids is 1. The molecule has 1 N–H and O–H groups in total. The molecular weight excluding hydrogens is 238 g/mol. The van der Waals surface area contributed by atoms with Crippen LogP contribution in [0, 0.1) is 0 Å². The number of nitrogens with one attached hydrogen (secondary N) is 1. The van der Waals surface area contributed by atoms with Crippen LogP contribution in [-0.2, 0) is 11.2 Å². The molecular formula is C16H25NO2. The monoisotopic (exact) mass is 263 g/mol. The maximum Gasteiger partial charge on any atom is 0.224 e. The molecule has 0 fully saturated rings. The predicted molar refractivity (Wildman–Crippen MR) is 78.7 cm³/mol. The van der Waals surface area contributed by atoms with E-state index in [9.17, 15) is 4.79 Å². The van der Waals surface area contributed by atoms with Crippen LogP contribution in [0.4, 0.5) is 0 Å². The maximum absolute atomic E-state index is 11.9. The van der Waals surface area contributed by atoms with E-state index in [0.29, 0.717) is 12.3 Å². The molecule has 1 aromatic carbocycles. The largest absolute Gasteiger partial charge is 0.496 e. The normalized spacial score (nSPS) is 12.3. The first-order chi connectivity index (χ1) is 8.97. The van der Waals surface area contributed by atoms with Gasteiger partial charge < -0.3 is 10.1 Å². The van der Waals surface area contributed by atoms with Gasteiger partial charge in [-0.3, -0.25) is 4.79 Å². The third-order valence-electron chi connectivity index (χ3n) is 3.35. The fraction of sp³-hybridized carbons (Fsp3) is 0.562. The topological polar surface area (TPSA) is 38.3 Å². The van der Waals surface area contributed by atoms with Crippen LogP contribution in [-0.4, -0.2) is 19.1 Å². The number of hydrogen-bond acceptors (Lipinski definition) is 2. The van der Waals surface area contributed by atoms with E-state index >= 15 is 0 Å². The Kier molecular flexibility index (Phi) is 5.87. The molecule has 0 bridgehead atoms. The summed E-state index contributed by atoms with van der Waals surface area (Å²) < 4.78 is 5.39. The molecule has 1 aromatic rings. The summed E-state index contributed by atoms with van der Waals surface area (Å²) in [5.41, 5.74) is 2.16. The average molecular weight is 263 g/mol. The lowest BCUT2D eigenvalue weighted by Gasteiger charge is -2.14. The van der Waals surface area contributed by atoms with Gasteiger partial charge in [0.1, 0.15) is 5.75 Å². The van der Waals surface area contributed by atoms with Gasteiger partial charge in [0.05, 0.1) is 13.5 Å². The van der Waals surface area contributed by atoms with Crippen molar-refractivity contribution >= 4 is 5.91 Å². The Morgan fingerprint density at radius 1 is 1.32 bits per heavy atom. The van der Waals surface area contributed by atoms with E-state index in [-0.39, 0.29) is 11.9 Å². The molecule has 106 valence electrons. The van der Waals surface area contributed by atoms with Crippen molar-refractivity contribution in [2.75, 3.05) is 7.11 Å². The van der Waals surface area contributed by atoms with E-state index < -0.39 is 0 Å². The number of carbonyl (C=O) groups is 1. The molecule has 19 heavy (non-hydrogen) atoms. The minimum atomic E-state index is 0.0462. The summed E-state index contributed by atoms with van der Waals surface area (Å²) in [6.07, 6.45) is 1.31. The number of amides is 1. The highest BCUT2D eigenvalue weighted by Crippen LogP contribution is 2.25. The first-order valence-corrected chi connectivity index (χ1v) is 6.94. The van der Waals surface area contributed by atoms with E-state index in [1.807, 2.05) is 19.1 Å². The van der Waals surface area contributed by atoms with Gasteiger partial charge in [0.2, 0.25) is 5.91 Å². The van der Waals surface area contributed by atoms with Crippen molar-refractivity contribution in [2.24, 2.45) is 0 Å². The Balaban J connectivity index is 2.80. The minimum Gasteiger partial charge on any atom is -0.496 e. The van der Waals surface area contributed by atoms with Crippen molar-refractivity contribution in [2.45, 2.75) is 52.5 Å². The summed E-state index contributed by atoms with van der Waals surface area (Å²) in [6, 6.07) is 6.30. The van der Waals surface area contributed by atoms with Gasteiger partial charge in [0.25, 0.3) is 0 Å².